The molecule has 0 atom stereocenters. The maximum atomic E-state index is 13.0. The number of rotatable bonds is 7. The van der Waals surface area contributed by atoms with Gasteiger partial charge in [0.1, 0.15) is 17.4 Å². The van der Waals surface area contributed by atoms with Gasteiger partial charge in [0.2, 0.25) is 0 Å². The number of carbonyl (C=O) groups excluding carboxylic acids is 2. The van der Waals surface area contributed by atoms with Crippen molar-refractivity contribution in [1.82, 2.24) is 0 Å². The van der Waals surface area contributed by atoms with E-state index in [1.165, 1.54) is 12.1 Å². The highest BCUT2D eigenvalue weighted by Crippen LogP contribution is 2.35. The standard InChI is InChI=1S/C27H20Br2F3N3O3/c1-15-6-7-23(16(2)8-15)35-24(36)14-38-25-17(10-20(28)12-22(25)29)9-18(13-33)26(37)34-21-5-3-4-19(11-21)27(30,31)32/h3-12H,14H2,1-2H3,(H,34,37)(H,35,36)/b18-9+. The van der Waals surface area contributed by atoms with Gasteiger partial charge in [0, 0.05) is 21.4 Å². The zero-order chi connectivity index (χ0) is 28.0. The molecule has 196 valence electrons. The molecule has 3 aromatic carbocycles. The van der Waals surface area contributed by atoms with E-state index in [1.807, 2.05) is 26.0 Å². The number of anilines is 2. The van der Waals surface area contributed by atoms with Crippen molar-refractivity contribution in [1.29, 1.82) is 5.26 Å². The second-order valence-corrected chi connectivity index (χ2v) is 9.93. The van der Waals surface area contributed by atoms with E-state index in [9.17, 15) is 28.0 Å². The molecule has 2 N–H and O–H groups in total. The molecule has 0 aliphatic rings. The number of amides is 2. The van der Waals surface area contributed by atoms with Gasteiger partial charge in [-0.3, -0.25) is 9.59 Å². The molecule has 0 saturated heterocycles. The Hall–Kier alpha value is -3.62. The first kappa shape index (κ1) is 28.9. The van der Waals surface area contributed by atoms with E-state index in [0.717, 1.165) is 29.3 Å². The van der Waals surface area contributed by atoms with E-state index < -0.39 is 29.1 Å². The summed E-state index contributed by atoms with van der Waals surface area (Å²) in [7, 11) is 0. The van der Waals surface area contributed by atoms with Gasteiger partial charge in [0.15, 0.2) is 6.61 Å². The number of nitriles is 1. The number of alkyl halides is 3. The van der Waals surface area contributed by atoms with Gasteiger partial charge in [-0.15, -0.1) is 0 Å². The number of nitrogens with one attached hydrogen (secondary N) is 2. The smallest absolute Gasteiger partial charge is 0.416 e. The zero-order valence-electron chi connectivity index (χ0n) is 20.0. The van der Waals surface area contributed by atoms with Gasteiger partial charge in [-0.25, -0.2) is 0 Å². The van der Waals surface area contributed by atoms with Crippen molar-refractivity contribution in [2.24, 2.45) is 0 Å². The lowest BCUT2D eigenvalue weighted by Crippen LogP contribution is -2.21. The Morgan fingerprint density at radius 3 is 2.45 bits per heavy atom. The number of nitrogens with zero attached hydrogens (tertiary/aromatic N) is 1. The molecule has 0 unspecified atom stereocenters. The average Bonchev–Trinajstić information content (AvgIpc) is 2.83. The molecule has 0 spiro atoms. The fourth-order valence-electron chi connectivity index (χ4n) is 3.39. The fourth-order valence-corrected chi connectivity index (χ4v) is 4.77. The summed E-state index contributed by atoms with van der Waals surface area (Å²) < 4.78 is 45.7. The van der Waals surface area contributed by atoms with Crippen LogP contribution in [0.25, 0.3) is 6.08 Å². The lowest BCUT2D eigenvalue weighted by Gasteiger charge is -2.14. The number of hydrogen-bond donors (Lipinski definition) is 2. The number of aryl methyl sites for hydroxylation is 2. The zero-order valence-corrected chi connectivity index (χ0v) is 23.2. The van der Waals surface area contributed by atoms with Gasteiger partial charge in [0.25, 0.3) is 11.8 Å². The van der Waals surface area contributed by atoms with Crippen LogP contribution >= 0.6 is 31.9 Å². The lowest BCUT2D eigenvalue weighted by molar-refractivity contribution is -0.137. The molecule has 6 nitrogen and oxygen atoms in total. The number of halogens is 5. The summed E-state index contributed by atoms with van der Waals surface area (Å²) in [6, 6.07) is 14.6. The van der Waals surface area contributed by atoms with E-state index in [2.05, 4.69) is 42.5 Å². The van der Waals surface area contributed by atoms with Crippen molar-refractivity contribution < 1.29 is 27.5 Å². The van der Waals surface area contributed by atoms with E-state index in [4.69, 9.17) is 4.74 Å². The summed E-state index contributed by atoms with van der Waals surface area (Å²) >= 11 is 6.69. The van der Waals surface area contributed by atoms with Crippen molar-refractivity contribution in [3.63, 3.8) is 0 Å². The Morgan fingerprint density at radius 2 is 1.79 bits per heavy atom. The molecule has 0 heterocycles. The van der Waals surface area contributed by atoms with Crippen LogP contribution in [0.2, 0.25) is 0 Å². The number of carbonyl (C=O) groups is 2. The molecule has 0 fully saturated rings. The fraction of sp³-hybridized carbons (Fsp3) is 0.148. The van der Waals surface area contributed by atoms with Crippen LogP contribution in [0.15, 0.2) is 69.1 Å². The van der Waals surface area contributed by atoms with E-state index >= 15 is 0 Å². The summed E-state index contributed by atoms with van der Waals surface area (Å²) in [5, 5.41) is 14.7. The summed E-state index contributed by atoms with van der Waals surface area (Å²) in [5.41, 5.74) is 1.40. The molecule has 0 saturated carbocycles. The first-order chi connectivity index (χ1) is 17.9. The third-order valence-electron chi connectivity index (χ3n) is 5.15. The van der Waals surface area contributed by atoms with Crippen molar-refractivity contribution in [3.05, 3.63) is 91.4 Å². The molecule has 0 bridgehead atoms. The summed E-state index contributed by atoms with van der Waals surface area (Å²) in [5.74, 6) is -1.16. The largest absolute Gasteiger partial charge is 0.482 e. The molecule has 11 heteroatoms. The second kappa shape index (κ2) is 12.3. The first-order valence-electron chi connectivity index (χ1n) is 11.0. The minimum Gasteiger partial charge on any atom is -0.482 e. The Morgan fingerprint density at radius 1 is 1.05 bits per heavy atom. The van der Waals surface area contributed by atoms with Gasteiger partial charge in [-0.05, 0) is 77.8 Å². The molecule has 0 aliphatic carbocycles. The monoisotopic (exact) mass is 649 g/mol. The molecule has 3 aromatic rings. The van der Waals surface area contributed by atoms with Gasteiger partial charge in [-0.2, -0.15) is 18.4 Å². The van der Waals surface area contributed by atoms with Gasteiger partial charge < -0.3 is 15.4 Å². The predicted octanol–water partition coefficient (Wildman–Crippen LogP) is 7.41. The maximum absolute atomic E-state index is 13.0. The Labute approximate surface area is 233 Å². The van der Waals surface area contributed by atoms with Crippen LogP contribution in [-0.4, -0.2) is 18.4 Å². The highest BCUT2D eigenvalue weighted by atomic mass is 79.9. The second-order valence-electron chi connectivity index (χ2n) is 8.16. The van der Waals surface area contributed by atoms with Crippen LogP contribution in [0.1, 0.15) is 22.3 Å². The Balaban J connectivity index is 1.82. The van der Waals surface area contributed by atoms with Crippen molar-refractivity contribution in [3.8, 4) is 11.8 Å². The molecular weight excluding hydrogens is 631 g/mol. The minimum atomic E-state index is -4.59. The Bertz CT molecular complexity index is 1460. The third-order valence-corrected chi connectivity index (χ3v) is 6.20. The Kier molecular flexibility index (Phi) is 9.36. The number of benzene rings is 3. The van der Waals surface area contributed by atoms with E-state index in [0.29, 0.717) is 14.6 Å². The average molecular weight is 651 g/mol. The molecular formula is C27H20Br2F3N3O3. The van der Waals surface area contributed by atoms with Crippen molar-refractivity contribution in [2.45, 2.75) is 20.0 Å². The molecule has 0 aromatic heterocycles. The topological polar surface area (TPSA) is 91.2 Å². The predicted molar refractivity (Wildman–Crippen MR) is 146 cm³/mol. The summed E-state index contributed by atoms with van der Waals surface area (Å²) in [6.07, 6.45) is -3.37. The van der Waals surface area contributed by atoms with Crippen LogP contribution in [0.4, 0.5) is 24.5 Å². The van der Waals surface area contributed by atoms with Crippen LogP contribution in [0, 0.1) is 25.2 Å². The summed E-state index contributed by atoms with van der Waals surface area (Å²) in [4.78, 5) is 25.2. The van der Waals surface area contributed by atoms with E-state index in [-0.39, 0.29) is 23.6 Å². The van der Waals surface area contributed by atoms with Crippen LogP contribution in [0.5, 0.6) is 5.75 Å². The van der Waals surface area contributed by atoms with Gasteiger partial charge >= 0.3 is 6.18 Å². The van der Waals surface area contributed by atoms with Crippen LogP contribution in [-0.2, 0) is 15.8 Å². The highest BCUT2D eigenvalue weighted by molar-refractivity contribution is 9.11. The van der Waals surface area contributed by atoms with Crippen LogP contribution < -0.4 is 15.4 Å². The molecule has 38 heavy (non-hydrogen) atoms. The molecule has 3 rings (SSSR count). The van der Waals surface area contributed by atoms with Gasteiger partial charge in [0.05, 0.1) is 10.0 Å². The molecule has 0 radical (unpaired) electrons. The molecule has 0 aliphatic heterocycles. The lowest BCUT2D eigenvalue weighted by atomic mass is 10.1. The SMILES string of the molecule is Cc1ccc(NC(=O)COc2c(Br)cc(Br)cc2/C=C(\C#N)C(=O)Nc2cccc(C(F)(F)F)c2)c(C)c1. The quantitative estimate of drug-likeness (QED) is 0.206. The number of ether oxygens (including phenoxy) is 1. The van der Waals surface area contributed by atoms with Crippen molar-refractivity contribution >= 4 is 61.1 Å². The number of hydrogen-bond acceptors (Lipinski definition) is 4. The summed E-state index contributed by atoms with van der Waals surface area (Å²) in [6.45, 7) is 3.44. The minimum absolute atomic E-state index is 0.124. The van der Waals surface area contributed by atoms with Crippen molar-refractivity contribution in [2.75, 3.05) is 17.2 Å². The van der Waals surface area contributed by atoms with Crippen LogP contribution in [0.3, 0.4) is 0 Å². The van der Waals surface area contributed by atoms with Gasteiger partial charge in [-0.1, -0.05) is 39.7 Å². The molecule has 2 amide bonds. The highest BCUT2D eigenvalue weighted by Gasteiger charge is 2.30. The normalized spacial score (nSPS) is 11.5. The van der Waals surface area contributed by atoms with E-state index in [1.54, 1.807) is 24.3 Å². The maximum Gasteiger partial charge on any atom is 0.416 e. The first-order valence-corrected chi connectivity index (χ1v) is 12.6. The third kappa shape index (κ3) is 7.69.